The lowest BCUT2D eigenvalue weighted by atomic mass is 10.2. The summed E-state index contributed by atoms with van der Waals surface area (Å²) < 4.78 is 0. The lowest BCUT2D eigenvalue weighted by Crippen LogP contribution is -2.37. The molecule has 4 heteroatoms. The van der Waals surface area contributed by atoms with Crippen LogP contribution in [-0.2, 0) is 0 Å². The minimum atomic E-state index is -0.166. The average Bonchev–Trinajstić information content (AvgIpc) is 2.54. The van der Waals surface area contributed by atoms with Crippen LogP contribution in [0.2, 0.25) is 0 Å². The highest BCUT2D eigenvalue weighted by atomic mass is 16.3. The molecule has 0 aliphatic heterocycles. The molecule has 0 saturated heterocycles. The molecule has 0 saturated carbocycles. The van der Waals surface area contributed by atoms with E-state index >= 15 is 0 Å². The Bertz CT molecular complexity index is 340. The Kier molecular flexibility index (Phi) is 3.91. The van der Waals surface area contributed by atoms with Crippen LogP contribution in [-0.4, -0.2) is 28.6 Å². The van der Waals surface area contributed by atoms with Gasteiger partial charge in [0.15, 0.2) is 0 Å². The molecule has 0 aromatic carbocycles. The molecule has 1 heterocycles. The van der Waals surface area contributed by atoms with Crippen molar-refractivity contribution in [2.75, 3.05) is 6.61 Å². The van der Waals surface area contributed by atoms with Gasteiger partial charge in [-0.05, 0) is 31.9 Å². The third-order valence-corrected chi connectivity index (χ3v) is 2.42. The maximum Gasteiger partial charge on any atom is 0.268 e. The highest BCUT2D eigenvalue weighted by Crippen LogP contribution is 2.09. The van der Waals surface area contributed by atoms with Crippen molar-refractivity contribution in [3.05, 3.63) is 23.0 Å². The SMILES string of the molecule is CCC(CO)NC(=O)c1[nH]c(C)cc1C. The smallest absolute Gasteiger partial charge is 0.268 e. The summed E-state index contributed by atoms with van der Waals surface area (Å²) in [4.78, 5) is 14.8. The van der Waals surface area contributed by atoms with E-state index < -0.39 is 0 Å². The molecule has 15 heavy (non-hydrogen) atoms. The second kappa shape index (κ2) is 4.98. The number of nitrogens with one attached hydrogen (secondary N) is 2. The van der Waals surface area contributed by atoms with E-state index in [0.717, 1.165) is 17.7 Å². The summed E-state index contributed by atoms with van der Waals surface area (Å²) in [5.74, 6) is -0.151. The summed E-state index contributed by atoms with van der Waals surface area (Å²) in [5, 5.41) is 11.7. The third kappa shape index (κ3) is 2.83. The number of aliphatic hydroxyl groups excluding tert-OH is 1. The van der Waals surface area contributed by atoms with Crippen molar-refractivity contribution in [1.82, 2.24) is 10.3 Å². The fourth-order valence-corrected chi connectivity index (χ4v) is 1.50. The summed E-state index contributed by atoms with van der Waals surface area (Å²) >= 11 is 0. The summed E-state index contributed by atoms with van der Waals surface area (Å²) in [6.07, 6.45) is 0.723. The number of rotatable bonds is 4. The van der Waals surface area contributed by atoms with E-state index in [1.54, 1.807) is 0 Å². The summed E-state index contributed by atoms with van der Waals surface area (Å²) in [7, 11) is 0. The quantitative estimate of drug-likeness (QED) is 0.697. The lowest BCUT2D eigenvalue weighted by Gasteiger charge is -2.13. The van der Waals surface area contributed by atoms with Crippen molar-refractivity contribution in [1.29, 1.82) is 0 Å². The van der Waals surface area contributed by atoms with Crippen LogP contribution < -0.4 is 5.32 Å². The predicted octanol–water partition coefficient (Wildman–Crippen LogP) is 1.13. The standard InChI is InChI=1S/C11H18N2O2/c1-4-9(6-14)13-11(15)10-7(2)5-8(3)12-10/h5,9,12,14H,4,6H2,1-3H3,(H,13,15). The third-order valence-electron chi connectivity index (χ3n) is 2.42. The summed E-state index contributed by atoms with van der Waals surface area (Å²) in [6.45, 7) is 5.69. The monoisotopic (exact) mass is 210 g/mol. The van der Waals surface area contributed by atoms with Crippen LogP contribution in [0, 0.1) is 13.8 Å². The van der Waals surface area contributed by atoms with Crippen molar-refractivity contribution in [2.24, 2.45) is 0 Å². The van der Waals surface area contributed by atoms with E-state index in [-0.39, 0.29) is 18.6 Å². The number of amides is 1. The molecule has 4 nitrogen and oxygen atoms in total. The van der Waals surface area contributed by atoms with E-state index in [9.17, 15) is 4.79 Å². The Morgan fingerprint density at radius 1 is 1.60 bits per heavy atom. The molecule has 1 aromatic heterocycles. The predicted molar refractivity (Wildman–Crippen MR) is 58.9 cm³/mol. The first-order valence-electron chi connectivity index (χ1n) is 5.16. The minimum Gasteiger partial charge on any atom is -0.394 e. The number of hydrogen-bond donors (Lipinski definition) is 3. The molecule has 0 aliphatic carbocycles. The Morgan fingerprint density at radius 3 is 2.67 bits per heavy atom. The van der Waals surface area contributed by atoms with Crippen LogP contribution in [0.3, 0.4) is 0 Å². The number of aryl methyl sites for hydroxylation is 2. The van der Waals surface area contributed by atoms with Crippen LogP contribution in [0.15, 0.2) is 6.07 Å². The van der Waals surface area contributed by atoms with Crippen LogP contribution in [0.5, 0.6) is 0 Å². The Morgan fingerprint density at radius 2 is 2.27 bits per heavy atom. The van der Waals surface area contributed by atoms with Crippen LogP contribution in [0.1, 0.15) is 35.1 Å². The Balaban J connectivity index is 2.72. The number of aromatic nitrogens is 1. The minimum absolute atomic E-state index is 0.0268. The van der Waals surface area contributed by atoms with Crippen LogP contribution >= 0.6 is 0 Å². The molecule has 0 bridgehead atoms. The highest BCUT2D eigenvalue weighted by molar-refractivity contribution is 5.94. The van der Waals surface area contributed by atoms with Gasteiger partial charge in [0.2, 0.25) is 0 Å². The van der Waals surface area contributed by atoms with Crippen molar-refractivity contribution in [3.8, 4) is 0 Å². The van der Waals surface area contributed by atoms with Crippen LogP contribution in [0.25, 0.3) is 0 Å². The molecule has 1 unspecified atom stereocenters. The van der Waals surface area contributed by atoms with Gasteiger partial charge < -0.3 is 15.4 Å². The van der Waals surface area contributed by atoms with Gasteiger partial charge in [-0.25, -0.2) is 0 Å². The molecule has 1 aromatic rings. The Labute approximate surface area is 89.7 Å². The normalized spacial score (nSPS) is 12.5. The summed E-state index contributed by atoms with van der Waals surface area (Å²) in [5.41, 5.74) is 2.48. The highest BCUT2D eigenvalue weighted by Gasteiger charge is 2.14. The molecular weight excluding hydrogens is 192 g/mol. The molecule has 0 spiro atoms. The first kappa shape index (κ1) is 11.8. The molecule has 0 fully saturated rings. The number of carbonyl (C=O) groups excluding carboxylic acids is 1. The maximum absolute atomic E-state index is 11.8. The first-order chi connectivity index (χ1) is 7.08. The van der Waals surface area contributed by atoms with Gasteiger partial charge in [-0.3, -0.25) is 4.79 Å². The van der Waals surface area contributed by atoms with Gasteiger partial charge in [-0.15, -0.1) is 0 Å². The number of hydrogen-bond acceptors (Lipinski definition) is 2. The van der Waals surface area contributed by atoms with Gasteiger partial charge in [-0.1, -0.05) is 6.92 Å². The van der Waals surface area contributed by atoms with Gasteiger partial charge in [0.05, 0.1) is 12.6 Å². The van der Waals surface area contributed by atoms with Crippen molar-refractivity contribution in [2.45, 2.75) is 33.2 Å². The van der Waals surface area contributed by atoms with Crippen molar-refractivity contribution < 1.29 is 9.90 Å². The van der Waals surface area contributed by atoms with Gasteiger partial charge in [0, 0.05) is 5.69 Å². The fraction of sp³-hybridized carbons (Fsp3) is 0.545. The second-order valence-electron chi connectivity index (χ2n) is 3.77. The number of aliphatic hydroxyl groups is 1. The van der Waals surface area contributed by atoms with E-state index in [1.807, 2.05) is 26.8 Å². The van der Waals surface area contributed by atoms with Crippen LogP contribution in [0.4, 0.5) is 0 Å². The van der Waals surface area contributed by atoms with Gasteiger partial charge in [-0.2, -0.15) is 0 Å². The van der Waals surface area contributed by atoms with E-state index in [0.29, 0.717) is 5.69 Å². The molecule has 1 atom stereocenters. The van der Waals surface area contributed by atoms with Crippen molar-refractivity contribution >= 4 is 5.91 Å². The average molecular weight is 210 g/mol. The maximum atomic E-state index is 11.8. The van der Waals surface area contributed by atoms with Gasteiger partial charge in [0.1, 0.15) is 5.69 Å². The van der Waals surface area contributed by atoms with E-state index in [1.165, 1.54) is 0 Å². The molecule has 1 rings (SSSR count). The van der Waals surface area contributed by atoms with Gasteiger partial charge in [0.25, 0.3) is 5.91 Å². The zero-order valence-corrected chi connectivity index (χ0v) is 9.42. The molecular formula is C11H18N2O2. The zero-order valence-electron chi connectivity index (χ0n) is 9.42. The van der Waals surface area contributed by atoms with E-state index in [2.05, 4.69) is 10.3 Å². The molecule has 0 radical (unpaired) electrons. The van der Waals surface area contributed by atoms with Gasteiger partial charge >= 0.3 is 0 Å². The zero-order chi connectivity index (χ0) is 11.4. The first-order valence-corrected chi connectivity index (χ1v) is 5.16. The number of H-pyrrole nitrogens is 1. The molecule has 1 amide bonds. The number of carbonyl (C=O) groups is 1. The van der Waals surface area contributed by atoms with Crippen molar-refractivity contribution in [3.63, 3.8) is 0 Å². The molecule has 0 aliphatic rings. The largest absolute Gasteiger partial charge is 0.394 e. The fourth-order valence-electron chi connectivity index (χ4n) is 1.50. The van der Waals surface area contributed by atoms with E-state index in [4.69, 9.17) is 5.11 Å². The Hall–Kier alpha value is -1.29. The molecule has 84 valence electrons. The molecule has 3 N–H and O–H groups in total. The lowest BCUT2D eigenvalue weighted by molar-refractivity contribution is 0.0909. The topological polar surface area (TPSA) is 65.1 Å². The summed E-state index contributed by atoms with van der Waals surface area (Å²) in [6, 6.07) is 1.76. The second-order valence-corrected chi connectivity index (χ2v) is 3.77. The number of aromatic amines is 1.